The van der Waals surface area contributed by atoms with Crippen LogP contribution in [0, 0.1) is 87.3 Å². The van der Waals surface area contributed by atoms with Gasteiger partial charge in [0.15, 0.2) is 11.5 Å². The van der Waals surface area contributed by atoms with Gasteiger partial charge in [-0.3, -0.25) is 0 Å². The third-order valence-corrected chi connectivity index (χ3v) is 19.9. The average Bonchev–Trinajstić information content (AvgIpc) is 3.88. The first-order valence-electron chi connectivity index (χ1n) is 22.7. The lowest BCUT2D eigenvalue weighted by molar-refractivity contribution is -0.272. The van der Waals surface area contributed by atoms with Crippen molar-refractivity contribution in [3.05, 3.63) is 34.7 Å². The maximum Gasteiger partial charge on any atom is 0.171 e. The summed E-state index contributed by atoms with van der Waals surface area (Å²) in [5.41, 5.74) is 4.45. The van der Waals surface area contributed by atoms with Crippen LogP contribution in [0.3, 0.4) is 0 Å². The summed E-state index contributed by atoms with van der Waals surface area (Å²) in [5.74, 6) is 9.32. The van der Waals surface area contributed by atoms with E-state index in [0.717, 1.165) is 82.0 Å². The van der Waals surface area contributed by atoms with E-state index < -0.39 is 5.60 Å². The largest absolute Gasteiger partial charge is 0.393 e. The molecule has 17 atom stereocenters. The fourth-order valence-electron chi connectivity index (χ4n) is 16.7. The molecule has 2 saturated heterocycles. The first-order chi connectivity index (χ1) is 26.2. The maximum atomic E-state index is 11.1. The van der Waals surface area contributed by atoms with Crippen LogP contribution in [0.25, 0.3) is 6.08 Å². The number of rotatable bonds is 0. The van der Waals surface area contributed by atoms with Crippen molar-refractivity contribution in [3.63, 3.8) is 0 Å². The summed E-state index contributed by atoms with van der Waals surface area (Å²) in [4.78, 5) is 0. The normalized spacial score (nSPS) is 54.3. The molecule has 6 saturated carbocycles. The Morgan fingerprint density at radius 2 is 1.71 bits per heavy atom. The van der Waals surface area contributed by atoms with Crippen molar-refractivity contribution in [2.24, 2.45) is 74.9 Å². The lowest BCUT2D eigenvalue weighted by Crippen LogP contribution is -2.54. The Hall–Kier alpha value is -1.91. The molecule has 8 fully saturated rings. The molecule has 1 aromatic heterocycles. The molecule has 8 aliphatic carbocycles. The minimum atomic E-state index is -0.909. The number of nitrogens with zero attached hydrogens (tertiary/aromatic N) is 1. The maximum absolute atomic E-state index is 11.1. The van der Waals surface area contributed by atoms with E-state index in [1.807, 2.05) is 6.20 Å². The zero-order valence-electron chi connectivity index (χ0n) is 34.7. The smallest absolute Gasteiger partial charge is 0.171 e. The van der Waals surface area contributed by atoms with Crippen molar-refractivity contribution in [1.29, 1.82) is 0 Å². The lowest BCUT2D eigenvalue weighted by Gasteiger charge is -2.58. The Labute approximate surface area is 331 Å². The second-order valence-electron chi connectivity index (χ2n) is 22.1. The van der Waals surface area contributed by atoms with Crippen molar-refractivity contribution in [2.75, 3.05) is 6.61 Å². The minimum Gasteiger partial charge on any atom is -0.393 e. The Bertz CT molecular complexity index is 1800. The fraction of sp³-hybridized carbons (Fsp3) is 0.816. The van der Waals surface area contributed by atoms with Crippen molar-refractivity contribution in [2.45, 2.75) is 168 Å². The predicted octanol–water partition coefficient (Wildman–Crippen LogP) is 9.93. The standard InChI is InChI=1S/C27H42O3.C22H27NO2/c1-16-7-12-27(29-15-16)17(2)24-23(30-27)14-22-20-6-5-18-13-19(28)8-10-25(18,3)21(20)9-11-26(22,24)4;1-4-22(24)10-8-18-16-6-5-15-11-19-14(13-23-25-19)12-20(15,2)17(16)7-9-21(18,22)3/h9,16-20,22-24,28H,5-8,10-15H2,1-4H3;1,11,13,16-18,24H,5-10,12H2,2-3H3. The van der Waals surface area contributed by atoms with Gasteiger partial charge in [-0.1, -0.05) is 69.8 Å². The summed E-state index contributed by atoms with van der Waals surface area (Å²) in [6.07, 6.45) is 31.0. The first kappa shape index (κ1) is 37.4. The van der Waals surface area contributed by atoms with Crippen molar-refractivity contribution >= 4 is 6.08 Å². The van der Waals surface area contributed by atoms with E-state index >= 15 is 0 Å². The van der Waals surface area contributed by atoms with Crippen LogP contribution < -0.4 is 0 Å². The highest BCUT2D eigenvalue weighted by Crippen LogP contribution is 2.71. The quantitative estimate of drug-likeness (QED) is 0.203. The highest BCUT2D eigenvalue weighted by molar-refractivity contribution is 5.57. The molecule has 10 aliphatic rings. The molecule has 300 valence electrons. The van der Waals surface area contributed by atoms with Crippen molar-refractivity contribution < 1.29 is 24.2 Å². The van der Waals surface area contributed by atoms with Crippen LogP contribution >= 0.6 is 0 Å². The van der Waals surface area contributed by atoms with Crippen LogP contribution in [0.1, 0.15) is 149 Å². The van der Waals surface area contributed by atoms with Crippen molar-refractivity contribution in [1.82, 2.24) is 5.16 Å². The predicted molar refractivity (Wildman–Crippen MR) is 214 cm³/mol. The van der Waals surface area contributed by atoms with Gasteiger partial charge in [-0.15, -0.1) is 6.42 Å². The molecule has 1 aromatic rings. The van der Waals surface area contributed by atoms with Crippen LogP contribution in [0.5, 0.6) is 0 Å². The SMILES string of the molecule is C#CC1(O)CCC2C3CCC4=Cc5oncc5CC4(C)C3CCC21C.CC1CCC2(OC1)OC1CC3C4CCC5CC(O)CCC5(C)C4=CCC3(C)C1C2C. The van der Waals surface area contributed by atoms with E-state index in [-0.39, 0.29) is 22.7 Å². The van der Waals surface area contributed by atoms with Crippen LogP contribution in [0.15, 0.2) is 27.9 Å². The molecule has 6 nitrogen and oxygen atoms in total. The Kier molecular flexibility index (Phi) is 8.53. The number of allylic oxidation sites excluding steroid dienone is 3. The molecular formula is C49H69NO5. The van der Waals surface area contributed by atoms with E-state index in [1.54, 1.807) is 11.1 Å². The van der Waals surface area contributed by atoms with Crippen molar-refractivity contribution in [3.8, 4) is 12.3 Å². The van der Waals surface area contributed by atoms with E-state index in [9.17, 15) is 10.2 Å². The average molecular weight is 752 g/mol. The third-order valence-electron chi connectivity index (χ3n) is 19.9. The summed E-state index contributed by atoms with van der Waals surface area (Å²) in [6, 6.07) is 0. The monoisotopic (exact) mass is 752 g/mol. The zero-order chi connectivity index (χ0) is 38.3. The van der Waals surface area contributed by atoms with Gasteiger partial charge in [-0.25, -0.2) is 0 Å². The number of aromatic nitrogens is 1. The Morgan fingerprint density at radius 1 is 0.891 bits per heavy atom. The van der Waals surface area contributed by atoms with Gasteiger partial charge >= 0.3 is 0 Å². The molecule has 1 spiro atoms. The molecule has 17 unspecified atom stereocenters. The molecule has 6 heteroatoms. The van der Waals surface area contributed by atoms with Crippen LogP contribution in [-0.2, 0) is 15.9 Å². The van der Waals surface area contributed by atoms with Gasteiger partial charge in [-0.05, 0) is 166 Å². The van der Waals surface area contributed by atoms with Gasteiger partial charge < -0.3 is 24.2 Å². The second kappa shape index (κ2) is 12.5. The summed E-state index contributed by atoms with van der Waals surface area (Å²) < 4.78 is 18.8. The van der Waals surface area contributed by atoms with E-state index in [1.165, 1.54) is 50.5 Å². The number of fused-ring (bicyclic) bond motifs is 13. The van der Waals surface area contributed by atoms with Gasteiger partial charge in [0.1, 0.15) is 5.60 Å². The molecule has 3 heterocycles. The molecule has 2 aliphatic heterocycles. The molecule has 0 aromatic carbocycles. The molecule has 55 heavy (non-hydrogen) atoms. The highest BCUT2D eigenvalue weighted by atomic mass is 16.7. The van der Waals surface area contributed by atoms with Gasteiger partial charge in [0.25, 0.3) is 0 Å². The van der Waals surface area contributed by atoms with E-state index in [2.05, 4.69) is 64.8 Å². The number of hydrogen-bond acceptors (Lipinski definition) is 6. The third kappa shape index (κ3) is 5.10. The van der Waals surface area contributed by atoms with Gasteiger partial charge in [-0.2, -0.15) is 0 Å². The molecule has 0 amide bonds. The van der Waals surface area contributed by atoms with Crippen LogP contribution in [0.2, 0.25) is 0 Å². The summed E-state index contributed by atoms with van der Waals surface area (Å²) >= 11 is 0. The second-order valence-corrected chi connectivity index (χ2v) is 22.1. The minimum absolute atomic E-state index is 0.0661. The van der Waals surface area contributed by atoms with Gasteiger partial charge in [0, 0.05) is 23.3 Å². The van der Waals surface area contributed by atoms with E-state index in [4.69, 9.17) is 20.4 Å². The van der Waals surface area contributed by atoms with Crippen LogP contribution in [-0.4, -0.2) is 45.6 Å². The highest BCUT2D eigenvalue weighted by Gasteiger charge is 2.68. The summed E-state index contributed by atoms with van der Waals surface area (Å²) in [5, 5.41) is 25.4. The molecule has 2 N–H and O–H groups in total. The van der Waals surface area contributed by atoms with Gasteiger partial charge in [0.2, 0.25) is 0 Å². The number of ether oxygens (including phenoxy) is 2. The summed E-state index contributed by atoms with van der Waals surface area (Å²) in [7, 11) is 0. The number of aliphatic hydroxyl groups is 2. The molecule has 0 radical (unpaired) electrons. The number of terminal acetylenes is 1. The van der Waals surface area contributed by atoms with E-state index in [0.29, 0.717) is 58.4 Å². The van der Waals surface area contributed by atoms with Crippen LogP contribution in [0.4, 0.5) is 0 Å². The number of aliphatic hydroxyl groups excluding tert-OH is 1. The molecular weight excluding hydrogens is 683 g/mol. The molecule has 11 rings (SSSR count). The zero-order valence-corrected chi connectivity index (χ0v) is 34.7. The topological polar surface area (TPSA) is 85.0 Å². The Balaban J connectivity index is 0.000000138. The fourth-order valence-corrected chi connectivity index (χ4v) is 16.7. The lowest BCUT2D eigenvalue weighted by atomic mass is 9.46. The summed E-state index contributed by atoms with van der Waals surface area (Å²) in [6.45, 7) is 15.4. The first-order valence-corrected chi connectivity index (χ1v) is 22.7. The van der Waals surface area contributed by atoms with Gasteiger partial charge in [0.05, 0.1) is 25.0 Å². The molecule has 0 bridgehead atoms. The number of hydrogen-bond donors (Lipinski definition) is 2. The Morgan fingerprint density at radius 3 is 2.49 bits per heavy atom.